The average Bonchev–Trinajstić information content (AvgIpc) is 2.84. The van der Waals surface area contributed by atoms with Crippen molar-refractivity contribution in [3.63, 3.8) is 0 Å². The molecule has 1 aromatic heterocycles. The Kier molecular flexibility index (Phi) is 6.33. The van der Waals surface area contributed by atoms with Crippen molar-refractivity contribution in [2.45, 2.75) is 6.42 Å². The number of benzene rings is 3. The zero-order valence-electron chi connectivity index (χ0n) is 18.2. The summed E-state index contributed by atoms with van der Waals surface area (Å²) in [7, 11) is -3.62. The Balaban J connectivity index is 1.40. The van der Waals surface area contributed by atoms with E-state index >= 15 is 0 Å². The van der Waals surface area contributed by atoms with E-state index in [1.807, 2.05) is 24.3 Å². The van der Waals surface area contributed by atoms with Crippen LogP contribution < -0.4 is 14.3 Å². The van der Waals surface area contributed by atoms with Gasteiger partial charge in [0, 0.05) is 35.9 Å². The van der Waals surface area contributed by atoms with E-state index in [4.69, 9.17) is 23.2 Å². The van der Waals surface area contributed by atoms with Crippen molar-refractivity contribution < 1.29 is 13.2 Å². The van der Waals surface area contributed by atoms with Gasteiger partial charge in [0.05, 0.1) is 26.8 Å². The summed E-state index contributed by atoms with van der Waals surface area (Å²) in [5.41, 5.74) is 2.42. The highest BCUT2D eigenvalue weighted by Gasteiger charge is 2.26. The Morgan fingerprint density at radius 3 is 2.66 bits per heavy atom. The van der Waals surface area contributed by atoms with Crippen LogP contribution >= 0.6 is 23.2 Å². The van der Waals surface area contributed by atoms with Crippen LogP contribution in [0.15, 0.2) is 66.9 Å². The van der Waals surface area contributed by atoms with E-state index < -0.39 is 16.1 Å². The molecule has 1 saturated heterocycles. The molecule has 0 spiro atoms. The maximum Gasteiger partial charge on any atom is 0.301 e. The van der Waals surface area contributed by atoms with E-state index in [-0.39, 0.29) is 10.6 Å². The number of anilines is 2. The third-order valence-electron chi connectivity index (χ3n) is 5.55. The minimum atomic E-state index is -3.62. The fourth-order valence-corrected chi connectivity index (χ4v) is 5.59. The predicted molar refractivity (Wildman–Crippen MR) is 138 cm³/mol. The molecule has 0 radical (unpaired) electrons. The Hall–Kier alpha value is -3.24. The highest BCUT2D eigenvalue weighted by atomic mass is 35.5. The van der Waals surface area contributed by atoms with Crippen molar-refractivity contribution in [3.05, 3.63) is 82.5 Å². The maximum absolute atomic E-state index is 13.0. The molecular weight excluding hydrogens is 509 g/mol. The lowest BCUT2D eigenvalue weighted by Gasteiger charge is -2.28. The lowest BCUT2D eigenvalue weighted by molar-refractivity contribution is 0.102. The number of rotatable bonds is 4. The summed E-state index contributed by atoms with van der Waals surface area (Å²) in [5.74, 6) is -0.0163. The standard InChI is InChI=1S/C24H19Cl2N5O3S/c25-20-9-6-16(12-19(20)23-27-14-15-4-1-2-5-22(15)30-23)29-24(32)18-8-7-17(13-21(18)26)31-11-3-10-28-35(31,33)34/h1-2,4-9,12-14,28H,3,10-11H2,(H,29,32). The van der Waals surface area contributed by atoms with Gasteiger partial charge in [-0.2, -0.15) is 13.1 Å². The fraction of sp³-hybridized carbons (Fsp3) is 0.125. The lowest BCUT2D eigenvalue weighted by atomic mass is 10.1. The van der Waals surface area contributed by atoms with E-state index in [1.165, 1.54) is 16.4 Å². The largest absolute Gasteiger partial charge is 0.322 e. The zero-order valence-corrected chi connectivity index (χ0v) is 20.5. The average molecular weight is 528 g/mol. The molecule has 1 fully saturated rings. The molecule has 0 atom stereocenters. The van der Waals surface area contributed by atoms with Crippen LogP contribution in [0, 0.1) is 0 Å². The second kappa shape index (κ2) is 9.43. The van der Waals surface area contributed by atoms with Crippen molar-refractivity contribution in [1.29, 1.82) is 0 Å². The van der Waals surface area contributed by atoms with Gasteiger partial charge in [0.25, 0.3) is 5.91 Å². The first-order valence-corrected chi connectivity index (χ1v) is 12.9. The molecule has 5 rings (SSSR count). The van der Waals surface area contributed by atoms with Crippen LogP contribution in [0.1, 0.15) is 16.8 Å². The van der Waals surface area contributed by atoms with Crippen molar-refractivity contribution in [1.82, 2.24) is 14.7 Å². The topological polar surface area (TPSA) is 104 Å². The Morgan fingerprint density at radius 1 is 1.03 bits per heavy atom. The third-order valence-corrected chi connectivity index (χ3v) is 7.74. The molecular formula is C24H19Cl2N5O3S. The summed E-state index contributed by atoms with van der Waals surface area (Å²) in [4.78, 5) is 21.9. The molecule has 1 aliphatic rings. The third kappa shape index (κ3) is 4.81. The molecule has 0 unspecified atom stereocenters. The highest BCUT2D eigenvalue weighted by molar-refractivity contribution is 7.90. The van der Waals surface area contributed by atoms with Gasteiger partial charge < -0.3 is 5.32 Å². The maximum atomic E-state index is 13.0. The molecule has 1 aliphatic heterocycles. The first-order valence-electron chi connectivity index (χ1n) is 10.7. The van der Waals surface area contributed by atoms with Crippen LogP contribution in [0.3, 0.4) is 0 Å². The van der Waals surface area contributed by atoms with Gasteiger partial charge in [-0.15, -0.1) is 0 Å². The summed E-state index contributed by atoms with van der Waals surface area (Å²) in [6, 6.07) is 17.2. The first-order chi connectivity index (χ1) is 16.8. The SMILES string of the molecule is O=C(Nc1ccc(Cl)c(-c2ncc3ccccc3n2)c1)c1ccc(N2CCCNS2(=O)=O)cc1Cl. The predicted octanol–water partition coefficient (Wildman–Crippen LogP) is 4.90. The molecule has 0 aliphatic carbocycles. The van der Waals surface area contributed by atoms with Crippen LogP contribution in [-0.2, 0) is 10.2 Å². The lowest BCUT2D eigenvalue weighted by Crippen LogP contribution is -2.47. The quantitative estimate of drug-likeness (QED) is 0.392. The van der Waals surface area contributed by atoms with Gasteiger partial charge in [-0.05, 0) is 48.9 Å². The fourth-order valence-electron chi connectivity index (χ4n) is 3.81. The summed E-state index contributed by atoms with van der Waals surface area (Å²) in [6.45, 7) is 0.724. The van der Waals surface area contributed by atoms with E-state index in [0.29, 0.717) is 47.3 Å². The monoisotopic (exact) mass is 527 g/mol. The summed E-state index contributed by atoms with van der Waals surface area (Å²) in [6.07, 6.45) is 2.39. The molecule has 35 heavy (non-hydrogen) atoms. The Labute approximate surface area is 212 Å². The molecule has 3 aromatic carbocycles. The number of hydrogen-bond acceptors (Lipinski definition) is 5. The minimum absolute atomic E-state index is 0.132. The molecule has 2 N–H and O–H groups in total. The van der Waals surface area contributed by atoms with E-state index in [9.17, 15) is 13.2 Å². The number of halogens is 2. The molecule has 178 valence electrons. The number of nitrogens with one attached hydrogen (secondary N) is 2. The molecule has 2 heterocycles. The van der Waals surface area contributed by atoms with Crippen LogP contribution in [-0.4, -0.2) is 37.4 Å². The van der Waals surface area contributed by atoms with Gasteiger partial charge in [0.2, 0.25) is 0 Å². The van der Waals surface area contributed by atoms with Crippen LogP contribution in [0.25, 0.3) is 22.3 Å². The molecule has 1 amide bonds. The van der Waals surface area contributed by atoms with Gasteiger partial charge in [-0.1, -0.05) is 41.4 Å². The van der Waals surface area contributed by atoms with Gasteiger partial charge in [-0.3, -0.25) is 9.10 Å². The number of para-hydroxylation sites is 1. The highest BCUT2D eigenvalue weighted by Crippen LogP contribution is 2.31. The van der Waals surface area contributed by atoms with Gasteiger partial charge in [-0.25, -0.2) is 9.97 Å². The summed E-state index contributed by atoms with van der Waals surface area (Å²) in [5, 5.41) is 4.29. The van der Waals surface area contributed by atoms with Gasteiger partial charge in [0.15, 0.2) is 5.82 Å². The minimum Gasteiger partial charge on any atom is -0.322 e. The van der Waals surface area contributed by atoms with Gasteiger partial charge in [0.1, 0.15) is 0 Å². The summed E-state index contributed by atoms with van der Waals surface area (Å²) >= 11 is 12.8. The van der Waals surface area contributed by atoms with Crippen molar-refractivity contribution in [2.24, 2.45) is 0 Å². The van der Waals surface area contributed by atoms with Gasteiger partial charge >= 0.3 is 10.2 Å². The second-order valence-electron chi connectivity index (χ2n) is 7.89. The summed E-state index contributed by atoms with van der Waals surface area (Å²) < 4.78 is 28.3. The number of carbonyl (C=O) groups excluding carboxylic acids is 1. The Morgan fingerprint density at radius 2 is 1.86 bits per heavy atom. The second-order valence-corrected chi connectivity index (χ2v) is 10.4. The number of fused-ring (bicyclic) bond motifs is 1. The number of carbonyl (C=O) groups is 1. The number of nitrogens with zero attached hydrogens (tertiary/aromatic N) is 3. The normalized spacial score (nSPS) is 15.2. The van der Waals surface area contributed by atoms with Crippen LogP contribution in [0.5, 0.6) is 0 Å². The number of hydrogen-bond donors (Lipinski definition) is 2. The Bertz CT molecular complexity index is 1560. The van der Waals surface area contributed by atoms with E-state index in [0.717, 1.165) is 10.9 Å². The molecule has 11 heteroatoms. The van der Waals surface area contributed by atoms with Crippen LogP contribution in [0.4, 0.5) is 11.4 Å². The molecule has 0 saturated carbocycles. The van der Waals surface area contributed by atoms with Crippen LogP contribution in [0.2, 0.25) is 10.0 Å². The van der Waals surface area contributed by atoms with Crippen molar-refractivity contribution in [3.8, 4) is 11.4 Å². The molecule has 0 bridgehead atoms. The zero-order chi connectivity index (χ0) is 24.6. The molecule has 4 aromatic rings. The first kappa shape index (κ1) is 23.5. The number of aromatic nitrogens is 2. The van der Waals surface area contributed by atoms with E-state index in [2.05, 4.69) is 20.0 Å². The van der Waals surface area contributed by atoms with Crippen molar-refractivity contribution >= 4 is 61.6 Å². The van der Waals surface area contributed by atoms with Crippen molar-refractivity contribution in [2.75, 3.05) is 22.7 Å². The van der Waals surface area contributed by atoms with E-state index in [1.54, 1.807) is 30.5 Å². The smallest absolute Gasteiger partial charge is 0.301 e. The number of amides is 1. The molecule has 8 nitrogen and oxygen atoms in total.